The molecule has 0 aromatic heterocycles. The van der Waals surface area contributed by atoms with Gasteiger partial charge >= 0.3 is 0 Å². The van der Waals surface area contributed by atoms with Crippen LogP contribution in [0.5, 0.6) is 5.75 Å². The van der Waals surface area contributed by atoms with Gasteiger partial charge in [-0.3, -0.25) is 4.21 Å². The molecule has 0 heterocycles. The van der Waals surface area contributed by atoms with Crippen molar-refractivity contribution in [1.29, 1.82) is 0 Å². The molecule has 21 heavy (non-hydrogen) atoms. The lowest BCUT2D eigenvalue weighted by Gasteiger charge is -2.12. The van der Waals surface area contributed by atoms with Crippen LogP contribution in [0.4, 0.5) is 0 Å². The topological polar surface area (TPSA) is 86.5 Å². The first-order chi connectivity index (χ1) is 9.81. The summed E-state index contributed by atoms with van der Waals surface area (Å²) in [6.45, 7) is 2.71. The molecule has 0 spiro atoms. The first kappa shape index (κ1) is 18.1. The van der Waals surface area contributed by atoms with E-state index in [0.29, 0.717) is 6.61 Å². The predicted octanol–water partition coefficient (Wildman–Crippen LogP) is 1.27. The highest BCUT2D eigenvalue weighted by Gasteiger charge is 2.13. The van der Waals surface area contributed by atoms with Crippen LogP contribution < -0.4 is 10.5 Å². The van der Waals surface area contributed by atoms with Gasteiger partial charge in [0, 0.05) is 34.6 Å². The number of hydrogen-bond donors (Lipinski definition) is 1. The quantitative estimate of drug-likeness (QED) is 0.735. The maximum Gasteiger partial charge on any atom is 0.148 e. The average Bonchev–Trinajstić information content (AvgIpc) is 2.42. The van der Waals surface area contributed by atoms with Gasteiger partial charge in [-0.15, -0.1) is 0 Å². The van der Waals surface area contributed by atoms with E-state index in [2.05, 4.69) is 0 Å². The van der Waals surface area contributed by atoms with Crippen LogP contribution in [0.1, 0.15) is 24.9 Å². The first-order valence-electron chi connectivity index (χ1n) is 6.83. The molecule has 0 aliphatic heterocycles. The van der Waals surface area contributed by atoms with E-state index >= 15 is 0 Å². The van der Waals surface area contributed by atoms with Crippen LogP contribution in [-0.4, -0.2) is 42.7 Å². The van der Waals surface area contributed by atoms with Crippen molar-refractivity contribution < 1.29 is 17.4 Å². The summed E-state index contributed by atoms with van der Waals surface area (Å²) in [7, 11) is -4.33. The van der Waals surface area contributed by atoms with Crippen molar-refractivity contribution in [2.45, 2.75) is 19.4 Å². The molecule has 1 rings (SSSR count). The van der Waals surface area contributed by atoms with Crippen molar-refractivity contribution in [2.24, 2.45) is 5.73 Å². The molecule has 7 heteroatoms. The first-order valence-corrected chi connectivity index (χ1v) is 10.4. The lowest BCUT2D eigenvalue weighted by Crippen LogP contribution is -2.22. The number of hydrogen-bond acceptors (Lipinski definition) is 5. The van der Waals surface area contributed by atoms with Crippen molar-refractivity contribution in [3.8, 4) is 5.75 Å². The van der Waals surface area contributed by atoms with Crippen LogP contribution in [-0.2, 0) is 20.6 Å². The van der Waals surface area contributed by atoms with Crippen molar-refractivity contribution in [1.82, 2.24) is 0 Å². The fourth-order valence-electron chi connectivity index (χ4n) is 1.66. The van der Waals surface area contributed by atoms with Gasteiger partial charge in [0.2, 0.25) is 0 Å². The van der Waals surface area contributed by atoms with E-state index in [0.717, 1.165) is 24.0 Å². The molecule has 2 N–H and O–H groups in total. The number of sulfone groups is 1. The molecule has 5 nitrogen and oxygen atoms in total. The molecule has 0 saturated carbocycles. The lowest BCUT2D eigenvalue weighted by atomic mass is 10.1. The van der Waals surface area contributed by atoms with Crippen molar-refractivity contribution >= 4 is 20.6 Å². The summed E-state index contributed by atoms with van der Waals surface area (Å²) in [5.74, 6) is 1.09. The van der Waals surface area contributed by atoms with E-state index in [1.54, 1.807) is 0 Å². The molecule has 120 valence electrons. The number of nitrogens with two attached hydrogens (primary N) is 1. The highest BCUT2D eigenvalue weighted by atomic mass is 32.2. The maximum atomic E-state index is 11.8. The third kappa shape index (κ3) is 7.59. The van der Waals surface area contributed by atoms with E-state index in [-0.39, 0.29) is 23.3 Å². The Morgan fingerprint density at radius 1 is 1.29 bits per heavy atom. The SMILES string of the molecule is CCCOc1ccc(C(N)CS(=O)CCS(C)(=O)=O)cc1. The van der Waals surface area contributed by atoms with Gasteiger partial charge in [0.25, 0.3) is 0 Å². The Morgan fingerprint density at radius 3 is 2.43 bits per heavy atom. The van der Waals surface area contributed by atoms with Crippen LogP contribution >= 0.6 is 0 Å². The van der Waals surface area contributed by atoms with Gasteiger partial charge < -0.3 is 10.5 Å². The molecule has 0 bridgehead atoms. The van der Waals surface area contributed by atoms with Crippen molar-refractivity contribution in [3.63, 3.8) is 0 Å². The van der Waals surface area contributed by atoms with E-state index in [1.807, 2.05) is 31.2 Å². The van der Waals surface area contributed by atoms with Gasteiger partial charge in [0.1, 0.15) is 15.6 Å². The Kier molecular flexibility index (Phi) is 7.34. The normalized spacial score (nSPS) is 14.6. The van der Waals surface area contributed by atoms with E-state index in [1.165, 1.54) is 0 Å². The Hall–Kier alpha value is -0.920. The molecular formula is C14H23NO4S2. The van der Waals surface area contributed by atoms with Crippen molar-refractivity contribution in [2.75, 3.05) is 30.1 Å². The van der Waals surface area contributed by atoms with E-state index in [9.17, 15) is 12.6 Å². The maximum absolute atomic E-state index is 11.8. The minimum absolute atomic E-state index is 0.0733. The summed E-state index contributed by atoms with van der Waals surface area (Å²) in [6.07, 6.45) is 2.08. The number of rotatable bonds is 9. The zero-order valence-corrected chi connectivity index (χ0v) is 14.1. The average molecular weight is 333 g/mol. The molecule has 2 unspecified atom stereocenters. The van der Waals surface area contributed by atoms with Gasteiger partial charge in [-0.05, 0) is 24.1 Å². The third-order valence-corrected chi connectivity index (χ3v) is 5.42. The van der Waals surface area contributed by atoms with Gasteiger partial charge in [0.15, 0.2) is 0 Å². The van der Waals surface area contributed by atoms with Crippen LogP contribution in [0.15, 0.2) is 24.3 Å². The summed E-state index contributed by atoms with van der Waals surface area (Å²) in [5, 5.41) is 0. The zero-order valence-electron chi connectivity index (χ0n) is 12.4. The summed E-state index contributed by atoms with van der Waals surface area (Å²) >= 11 is 0. The third-order valence-electron chi connectivity index (χ3n) is 2.83. The van der Waals surface area contributed by atoms with Gasteiger partial charge in [-0.1, -0.05) is 19.1 Å². The van der Waals surface area contributed by atoms with Gasteiger partial charge in [0.05, 0.1) is 12.4 Å². The fourth-order valence-corrected chi connectivity index (χ4v) is 4.37. The fraction of sp³-hybridized carbons (Fsp3) is 0.571. The summed E-state index contributed by atoms with van der Waals surface area (Å²) in [4.78, 5) is 0. The number of ether oxygens (including phenoxy) is 1. The van der Waals surface area contributed by atoms with Gasteiger partial charge in [-0.25, -0.2) is 8.42 Å². The zero-order chi connectivity index (χ0) is 15.9. The lowest BCUT2D eigenvalue weighted by molar-refractivity contribution is 0.317. The Labute approximate surface area is 129 Å². The second-order valence-corrected chi connectivity index (χ2v) is 8.85. The van der Waals surface area contributed by atoms with E-state index in [4.69, 9.17) is 10.5 Å². The van der Waals surface area contributed by atoms with E-state index < -0.39 is 20.6 Å². The number of benzene rings is 1. The van der Waals surface area contributed by atoms with Crippen LogP contribution in [0.2, 0.25) is 0 Å². The second kappa shape index (κ2) is 8.51. The second-order valence-electron chi connectivity index (χ2n) is 4.96. The monoisotopic (exact) mass is 333 g/mol. The summed E-state index contributed by atoms with van der Waals surface area (Å²) in [5.41, 5.74) is 6.87. The molecule has 2 atom stereocenters. The highest BCUT2D eigenvalue weighted by Crippen LogP contribution is 2.17. The van der Waals surface area contributed by atoms with Crippen LogP contribution in [0.25, 0.3) is 0 Å². The molecule has 1 aromatic rings. The Balaban J connectivity index is 2.51. The molecule has 0 saturated heterocycles. The largest absolute Gasteiger partial charge is 0.494 e. The molecular weight excluding hydrogens is 310 g/mol. The highest BCUT2D eigenvalue weighted by molar-refractivity contribution is 7.92. The minimum atomic E-state index is -3.08. The predicted molar refractivity (Wildman–Crippen MR) is 86.7 cm³/mol. The molecule has 0 aliphatic carbocycles. The smallest absolute Gasteiger partial charge is 0.148 e. The van der Waals surface area contributed by atoms with Crippen LogP contribution in [0.3, 0.4) is 0 Å². The van der Waals surface area contributed by atoms with Crippen LogP contribution in [0, 0.1) is 0 Å². The van der Waals surface area contributed by atoms with Gasteiger partial charge in [-0.2, -0.15) is 0 Å². The molecule has 0 aliphatic rings. The molecule has 0 amide bonds. The molecule has 0 fully saturated rings. The summed E-state index contributed by atoms with van der Waals surface area (Å²) < 4.78 is 39.4. The Bertz CT molecular complexity index is 555. The molecule has 1 aromatic carbocycles. The Morgan fingerprint density at radius 2 is 1.90 bits per heavy atom. The minimum Gasteiger partial charge on any atom is -0.494 e. The van der Waals surface area contributed by atoms with Crippen molar-refractivity contribution in [3.05, 3.63) is 29.8 Å². The standard InChI is InChI=1S/C14H23NO4S2/c1-3-8-19-13-6-4-12(5-7-13)14(15)11-20(16)9-10-21(2,17)18/h4-7,14H,3,8-11,15H2,1-2H3. The summed E-state index contributed by atoms with van der Waals surface area (Å²) in [6, 6.07) is 7.01. The molecule has 0 radical (unpaired) electrons.